The molecule has 124 valence electrons. The van der Waals surface area contributed by atoms with Gasteiger partial charge in [0.25, 0.3) is 0 Å². The third-order valence-corrected chi connectivity index (χ3v) is 4.44. The summed E-state index contributed by atoms with van der Waals surface area (Å²) in [6.07, 6.45) is 2.36. The summed E-state index contributed by atoms with van der Waals surface area (Å²) in [7, 11) is 0. The number of para-hydroxylation sites is 1. The summed E-state index contributed by atoms with van der Waals surface area (Å²) in [5.74, 6) is -0.559. The van der Waals surface area contributed by atoms with Crippen molar-refractivity contribution in [3.8, 4) is 0 Å². The first-order valence-corrected chi connectivity index (χ1v) is 8.21. The number of aromatic amines is 1. The number of rotatable bonds is 7. The predicted octanol–water partition coefficient (Wildman–Crippen LogP) is 3.56. The van der Waals surface area contributed by atoms with Crippen LogP contribution in [0.2, 0.25) is 0 Å². The van der Waals surface area contributed by atoms with Gasteiger partial charge in [-0.1, -0.05) is 55.5 Å². The molecule has 4 nitrogen and oxygen atoms in total. The number of aliphatic carboxylic acids is 1. The Morgan fingerprint density at radius 1 is 1.12 bits per heavy atom. The second-order valence-electron chi connectivity index (χ2n) is 6.17. The lowest BCUT2D eigenvalue weighted by Gasteiger charge is -2.18. The number of aromatic nitrogens is 1. The maximum Gasteiger partial charge on any atom is 0.321 e. The molecule has 1 heterocycles. The number of carbonyl (C=O) groups is 1. The van der Waals surface area contributed by atoms with Gasteiger partial charge in [-0.15, -0.1) is 0 Å². The average Bonchev–Trinajstić information content (AvgIpc) is 3.02. The van der Waals surface area contributed by atoms with E-state index in [0.717, 1.165) is 16.5 Å². The molecule has 4 heteroatoms. The molecule has 0 aliphatic carbocycles. The fourth-order valence-electron chi connectivity index (χ4n) is 2.99. The third kappa shape index (κ3) is 3.66. The highest BCUT2D eigenvalue weighted by molar-refractivity contribution is 5.84. The van der Waals surface area contributed by atoms with Crippen LogP contribution < -0.4 is 5.32 Å². The predicted molar refractivity (Wildman–Crippen MR) is 96.3 cm³/mol. The Hall–Kier alpha value is -2.59. The van der Waals surface area contributed by atoms with E-state index in [1.807, 2.05) is 48.7 Å². The van der Waals surface area contributed by atoms with E-state index in [1.165, 1.54) is 5.56 Å². The van der Waals surface area contributed by atoms with E-state index >= 15 is 0 Å². The van der Waals surface area contributed by atoms with Crippen LogP contribution >= 0.6 is 0 Å². The molecule has 0 spiro atoms. The van der Waals surface area contributed by atoms with Crippen LogP contribution in [0.3, 0.4) is 0 Å². The van der Waals surface area contributed by atoms with E-state index in [0.29, 0.717) is 13.0 Å². The topological polar surface area (TPSA) is 65.1 Å². The van der Waals surface area contributed by atoms with Crippen molar-refractivity contribution in [3.05, 3.63) is 71.9 Å². The van der Waals surface area contributed by atoms with Crippen LogP contribution in [0.15, 0.2) is 60.8 Å². The van der Waals surface area contributed by atoms with Crippen molar-refractivity contribution in [2.45, 2.75) is 25.3 Å². The molecule has 1 aromatic heterocycles. The molecule has 2 aromatic carbocycles. The summed E-state index contributed by atoms with van der Waals surface area (Å²) in [4.78, 5) is 14.8. The Balaban J connectivity index is 1.68. The first-order chi connectivity index (χ1) is 11.6. The zero-order chi connectivity index (χ0) is 16.9. The fourth-order valence-corrected chi connectivity index (χ4v) is 2.99. The Morgan fingerprint density at radius 2 is 1.83 bits per heavy atom. The lowest BCUT2D eigenvalue weighted by Crippen LogP contribution is -2.40. The normalized spacial score (nSPS) is 13.7. The van der Waals surface area contributed by atoms with Crippen molar-refractivity contribution in [3.63, 3.8) is 0 Å². The van der Waals surface area contributed by atoms with Crippen LogP contribution in [0.5, 0.6) is 0 Å². The van der Waals surface area contributed by atoms with Gasteiger partial charge in [0.2, 0.25) is 0 Å². The van der Waals surface area contributed by atoms with Gasteiger partial charge in [-0.05, 0) is 23.1 Å². The smallest absolute Gasteiger partial charge is 0.321 e. The van der Waals surface area contributed by atoms with Crippen molar-refractivity contribution in [1.29, 1.82) is 0 Å². The Bertz CT molecular complexity index is 811. The molecule has 24 heavy (non-hydrogen) atoms. The van der Waals surface area contributed by atoms with Gasteiger partial charge in [0, 0.05) is 30.1 Å². The van der Waals surface area contributed by atoms with E-state index in [9.17, 15) is 9.90 Å². The summed E-state index contributed by atoms with van der Waals surface area (Å²) < 4.78 is 0. The highest BCUT2D eigenvalue weighted by atomic mass is 16.4. The number of carboxylic acids is 1. The summed E-state index contributed by atoms with van der Waals surface area (Å²) in [5, 5.41) is 13.8. The molecule has 0 amide bonds. The van der Waals surface area contributed by atoms with Crippen molar-refractivity contribution < 1.29 is 9.90 Å². The molecule has 3 N–H and O–H groups in total. The maximum atomic E-state index is 11.6. The Labute approximate surface area is 141 Å². The molecule has 2 atom stereocenters. The number of nitrogens with one attached hydrogen (secondary N) is 2. The van der Waals surface area contributed by atoms with Crippen LogP contribution in [0.4, 0.5) is 0 Å². The van der Waals surface area contributed by atoms with Gasteiger partial charge in [-0.2, -0.15) is 0 Å². The molecular formula is C20H22N2O2. The SMILES string of the molecule is C[C@H](CN[C@H](Cc1c[nH]c2ccccc12)C(=O)O)c1ccccc1. The minimum atomic E-state index is -0.819. The van der Waals surface area contributed by atoms with Crippen LogP contribution in [0.1, 0.15) is 24.0 Å². The molecule has 3 rings (SSSR count). The highest BCUT2D eigenvalue weighted by Gasteiger charge is 2.20. The number of fused-ring (bicyclic) bond motifs is 1. The number of hydrogen-bond donors (Lipinski definition) is 3. The molecule has 0 saturated heterocycles. The van der Waals surface area contributed by atoms with Crippen LogP contribution in [-0.4, -0.2) is 28.6 Å². The minimum absolute atomic E-state index is 0.260. The van der Waals surface area contributed by atoms with E-state index in [4.69, 9.17) is 0 Å². The molecule has 0 bridgehead atoms. The van der Waals surface area contributed by atoms with E-state index in [2.05, 4.69) is 29.4 Å². The summed E-state index contributed by atoms with van der Waals surface area (Å²) in [5.41, 5.74) is 3.27. The van der Waals surface area contributed by atoms with Crippen molar-refractivity contribution in [2.75, 3.05) is 6.54 Å². The second-order valence-corrected chi connectivity index (χ2v) is 6.17. The molecule has 0 saturated carbocycles. The van der Waals surface area contributed by atoms with E-state index in [-0.39, 0.29) is 5.92 Å². The summed E-state index contributed by atoms with van der Waals surface area (Å²) >= 11 is 0. The van der Waals surface area contributed by atoms with Crippen molar-refractivity contribution >= 4 is 16.9 Å². The summed E-state index contributed by atoms with van der Waals surface area (Å²) in [6.45, 7) is 2.73. The molecule has 0 aliphatic rings. The van der Waals surface area contributed by atoms with Gasteiger partial charge in [0.05, 0.1) is 0 Å². The van der Waals surface area contributed by atoms with Gasteiger partial charge >= 0.3 is 5.97 Å². The first-order valence-electron chi connectivity index (χ1n) is 8.21. The zero-order valence-electron chi connectivity index (χ0n) is 13.7. The first kappa shape index (κ1) is 16.3. The van der Waals surface area contributed by atoms with Crippen LogP contribution in [0.25, 0.3) is 10.9 Å². The van der Waals surface area contributed by atoms with Gasteiger partial charge in [-0.3, -0.25) is 4.79 Å². The molecule has 3 aromatic rings. The second kappa shape index (κ2) is 7.32. The van der Waals surface area contributed by atoms with Gasteiger partial charge in [0.1, 0.15) is 6.04 Å². The Kier molecular flexibility index (Phi) is 4.96. The average molecular weight is 322 g/mol. The number of carboxylic acid groups (broad SMARTS) is 1. The summed E-state index contributed by atoms with van der Waals surface area (Å²) in [6, 6.07) is 17.5. The largest absolute Gasteiger partial charge is 0.480 e. The minimum Gasteiger partial charge on any atom is -0.480 e. The lowest BCUT2D eigenvalue weighted by atomic mass is 10.00. The van der Waals surface area contributed by atoms with Gasteiger partial charge in [-0.25, -0.2) is 0 Å². The van der Waals surface area contributed by atoms with Crippen LogP contribution in [0, 0.1) is 0 Å². The standard InChI is InChI=1S/C20H22N2O2/c1-14(15-7-3-2-4-8-15)12-21-19(20(23)24)11-16-13-22-18-10-6-5-9-17(16)18/h2-10,13-14,19,21-22H,11-12H2,1H3,(H,23,24)/t14-,19-/m1/s1. The molecule has 0 unspecified atom stereocenters. The van der Waals surface area contributed by atoms with Crippen molar-refractivity contribution in [2.24, 2.45) is 0 Å². The third-order valence-electron chi connectivity index (χ3n) is 4.44. The van der Waals surface area contributed by atoms with E-state index in [1.54, 1.807) is 0 Å². The lowest BCUT2D eigenvalue weighted by molar-refractivity contribution is -0.139. The highest BCUT2D eigenvalue weighted by Crippen LogP contribution is 2.20. The number of H-pyrrole nitrogens is 1. The maximum absolute atomic E-state index is 11.6. The molecule has 0 fully saturated rings. The van der Waals surface area contributed by atoms with Gasteiger partial charge < -0.3 is 15.4 Å². The number of benzene rings is 2. The number of hydrogen-bond acceptors (Lipinski definition) is 2. The van der Waals surface area contributed by atoms with Crippen LogP contribution in [-0.2, 0) is 11.2 Å². The Morgan fingerprint density at radius 3 is 2.58 bits per heavy atom. The quantitative estimate of drug-likeness (QED) is 0.623. The molecule has 0 radical (unpaired) electrons. The fraction of sp³-hybridized carbons (Fsp3) is 0.250. The zero-order valence-corrected chi connectivity index (χ0v) is 13.7. The molecule has 0 aliphatic heterocycles. The van der Waals surface area contributed by atoms with Gasteiger partial charge in [0.15, 0.2) is 0 Å². The monoisotopic (exact) mass is 322 g/mol. The van der Waals surface area contributed by atoms with E-state index < -0.39 is 12.0 Å². The molecular weight excluding hydrogens is 300 g/mol. The van der Waals surface area contributed by atoms with Crippen molar-refractivity contribution in [1.82, 2.24) is 10.3 Å².